The Morgan fingerprint density at radius 1 is 1.06 bits per heavy atom. The maximum absolute atomic E-state index is 13.5. The number of halogens is 1. The molecule has 0 fully saturated rings. The highest BCUT2D eigenvalue weighted by Crippen LogP contribution is 2.40. The Hall–Kier alpha value is -4.30. The van der Waals surface area contributed by atoms with Crippen LogP contribution in [0.25, 0.3) is 11.0 Å². The molecule has 3 heterocycles. The molecular weight excluding hydrogens is 462 g/mol. The van der Waals surface area contributed by atoms with E-state index < -0.39 is 29.5 Å². The number of furan rings is 2. The molecule has 34 heavy (non-hydrogen) atoms. The van der Waals surface area contributed by atoms with Crippen molar-refractivity contribution in [2.24, 2.45) is 0 Å². The highest BCUT2D eigenvalue weighted by Gasteiger charge is 2.46. The number of rotatable bonds is 6. The molecule has 1 aliphatic rings. The van der Waals surface area contributed by atoms with Crippen LogP contribution >= 0.6 is 11.6 Å². The first-order chi connectivity index (χ1) is 16.3. The average molecular weight is 478 g/mol. The van der Waals surface area contributed by atoms with Gasteiger partial charge in [-0.25, -0.2) is 4.79 Å². The molecule has 2 N–H and O–H groups in total. The zero-order chi connectivity index (χ0) is 24.0. The van der Waals surface area contributed by atoms with Gasteiger partial charge in [-0.3, -0.25) is 9.59 Å². The van der Waals surface area contributed by atoms with E-state index in [1.54, 1.807) is 42.5 Å². The van der Waals surface area contributed by atoms with Gasteiger partial charge in [0.25, 0.3) is 5.91 Å². The summed E-state index contributed by atoms with van der Waals surface area (Å²) in [5, 5.41) is 20.9. The molecule has 1 unspecified atom stereocenters. The van der Waals surface area contributed by atoms with Gasteiger partial charge in [0.2, 0.25) is 5.78 Å². The maximum atomic E-state index is 13.5. The van der Waals surface area contributed by atoms with Gasteiger partial charge < -0.3 is 23.9 Å². The summed E-state index contributed by atoms with van der Waals surface area (Å²) in [6.45, 7) is 0.000672. The summed E-state index contributed by atoms with van der Waals surface area (Å²) in [6, 6.07) is 14.6. The summed E-state index contributed by atoms with van der Waals surface area (Å²) in [5.41, 5.74) is 0.963. The third-order valence-electron chi connectivity index (χ3n) is 5.62. The number of carboxylic acid groups (broad SMARTS) is 1. The van der Waals surface area contributed by atoms with Gasteiger partial charge in [0, 0.05) is 17.0 Å². The fraction of sp³-hybridized carbons (Fsp3) is 0.0800. The third kappa shape index (κ3) is 3.64. The van der Waals surface area contributed by atoms with Crippen LogP contribution in [0.5, 0.6) is 0 Å². The van der Waals surface area contributed by atoms with Crippen molar-refractivity contribution in [1.82, 2.24) is 4.90 Å². The molecule has 1 atom stereocenters. The highest BCUT2D eigenvalue weighted by molar-refractivity contribution is 6.31. The minimum Gasteiger partial charge on any atom is -0.503 e. The second-order valence-corrected chi connectivity index (χ2v) is 8.17. The average Bonchev–Trinajstić information content (AvgIpc) is 3.54. The number of nitrogens with zero attached hydrogens (tertiary/aromatic N) is 1. The van der Waals surface area contributed by atoms with E-state index in [1.807, 2.05) is 0 Å². The molecule has 0 saturated carbocycles. The Kier molecular flexibility index (Phi) is 5.22. The number of ketones is 1. The number of fused-ring (bicyclic) bond motifs is 1. The molecule has 4 aromatic rings. The van der Waals surface area contributed by atoms with E-state index in [1.165, 1.54) is 29.4 Å². The number of hydrogen-bond acceptors (Lipinski definition) is 6. The lowest BCUT2D eigenvalue weighted by Crippen LogP contribution is -2.30. The zero-order valence-corrected chi connectivity index (χ0v) is 18.2. The summed E-state index contributed by atoms with van der Waals surface area (Å²) in [7, 11) is 0. The second kappa shape index (κ2) is 8.24. The lowest BCUT2D eigenvalue weighted by molar-refractivity contribution is -0.130. The van der Waals surface area contributed by atoms with Gasteiger partial charge in [-0.2, -0.15) is 0 Å². The predicted molar refractivity (Wildman–Crippen MR) is 121 cm³/mol. The van der Waals surface area contributed by atoms with Crippen LogP contribution in [-0.4, -0.2) is 32.8 Å². The van der Waals surface area contributed by atoms with Crippen LogP contribution in [0.3, 0.4) is 0 Å². The first-order valence-electron chi connectivity index (χ1n) is 10.2. The molecule has 1 aliphatic heterocycles. The third-order valence-corrected chi connectivity index (χ3v) is 5.85. The molecular formula is C25H16ClNO7. The van der Waals surface area contributed by atoms with Crippen molar-refractivity contribution >= 4 is 40.2 Å². The fourth-order valence-corrected chi connectivity index (χ4v) is 4.18. The molecule has 170 valence electrons. The normalized spacial score (nSPS) is 16.0. The number of Topliss-reactive ketones (excluding diaryl/α,β-unsaturated/α-hetero) is 1. The lowest BCUT2D eigenvalue weighted by atomic mass is 9.99. The van der Waals surface area contributed by atoms with Crippen LogP contribution in [0.4, 0.5) is 0 Å². The summed E-state index contributed by atoms with van der Waals surface area (Å²) in [4.78, 5) is 38.9. The number of amides is 1. The Bertz CT molecular complexity index is 1460. The van der Waals surface area contributed by atoms with Crippen molar-refractivity contribution in [2.75, 3.05) is 0 Å². The molecule has 9 heteroatoms. The van der Waals surface area contributed by atoms with Crippen molar-refractivity contribution in [3.05, 3.63) is 106 Å². The lowest BCUT2D eigenvalue weighted by Gasteiger charge is -2.24. The number of aliphatic hydroxyl groups is 1. The fourth-order valence-electron chi connectivity index (χ4n) is 4.00. The largest absolute Gasteiger partial charge is 0.503 e. The second-order valence-electron chi connectivity index (χ2n) is 7.74. The van der Waals surface area contributed by atoms with Crippen LogP contribution in [0.15, 0.2) is 87.1 Å². The van der Waals surface area contributed by atoms with Gasteiger partial charge >= 0.3 is 5.97 Å². The number of aliphatic hydroxyl groups excluding tert-OH is 1. The molecule has 2 aromatic carbocycles. The van der Waals surface area contributed by atoms with Crippen LogP contribution in [0.2, 0.25) is 5.02 Å². The number of carboxylic acids is 1. The number of benzene rings is 2. The van der Waals surface area contributed by atoms with Crippen molar-refractivity contribution in [3.8, 4) is 0 Å². The van der Waals surface area contributed by atoms with E-state index in [2.05, 4.69) is 0 Å². The SMILES string of the molecule is O=C(O)c1ccc(CN2C(=O)C(O)=C(C(=O)c3cc4cc(Cl)ccc4o3)C2c2ccco2)cc1. The monoisotopic (exact) mass is 477 g/mol. The predicted octanol–water partition coefficient (Wildman–Crippen LogP) is 5.16. The number of carbonyl (C=O) groups excluding carboxylic acids is 2. The van der Waals surface area contributed by atoms with Gasteiger partial charge in [-0.15, -0.1) is 0 Å². The molecule has 2 aromatic heterocycles. The summed E-state index contributed by atoms with van der Waals surface area (Å²) >= 11 is 6.02. The van der Waals surface area contributed by atoms with Gasteiger partial charge in [0.15, 0.2) is 11.5 Å². The van der Waals surface area contributed by atoms with Crippen molar-refractivity contribution in [1.29, 1.82) is 0 Å². The minimum atomic E-state index is -1.07. The molecule has 0 bridgehead atoms. The molecule has 5 rings (SSSR count). The maximum Gasteiger partial charge on any atom is 0.335 e. The Balaban J connectivity index is 1.53. The first-order valence-corrected chi connectivity index (χ1v) is 10.5. The molecule has 8 nitrogen and oxygen atoms in total. The van der Waals surface area contributed by atoms with E-state index >= 15 is 0 Å². The summed E-state index contributed by atoms with van der Waals surface area (Å²) in [6.07, 6.45) is 1.40. The van der Waals surface area contributed by atoms with E-state index in [-0.39, 0.29) is 29.2 Å². The van der Waals surface area contributed by atoms with Crippen molar-refractivity contribution in [2.45, 2.75) is 12.6 Å². The number of carbonyl (C=O) groups is 3. The van der Waals surface area contributed by atoms with Crippen LogP contribution in [-0.2, 0) is 11.3 Å². The van der Waals surface area contributed by atoms with Gasteiger partial charge in [-0.1, -0.05) is 23.7 Å². The van der Waals surface area contributed by atoms with Crippen molar-refractivity contribution < 1.29 is 33.4 Å². The molecule has 0 spiro atoms. The van der Waals surface area contributed by atoms with Gasteiger partial charge in [-0.05, 0) is 54.1 Å². The van der Waals surface area contributed by atoms with Crippen LogP contribution in [0, 0.1) is 0 Å². The van der Waals surface area contributed by atoms with Gasteiger partial charge in [0.1, 0.15) is 17.4 Å². The van der Waals surface area contributed by atoms with Crippen LogP contribution in [0.1, 0.15) is 38.3 Å². The first kappa shape index (κ1) is 21.5. The van der Waals surface area contributed by atoms with E-state index in [0.29, 0.717) is 21.6 Å². The topological polar surface area (TPSA) is 121 Å². The van der Waals surface area contributed by atoms with E-state index in [0.717, 1.165) is 0 Å². The molecule has 0 aliphatic carbocycles. The summed E-state index contributed by atoms with van der Waals surface area (Å²) < 4.78 is 11.2. The van der Waals surface area contributed by atoms with Crippen LogP contribution < -0.4 is 0 Å². The highest BCUT2D eigenvalue weighted by atomic mass is 35.5. The number of hydrogen-bond donors (Lipinski definition) is 2. The van der Waals surface area contributed by atoms with E-state index in [9.17, 15) is 19.5 Å². The van der Waals surface area contributed by atoms with Crippen molar-refractivity contribution in [3.63, 3.8) is 0 Å². The molecule has 0 radical (unpaired) electrons. The quantitative estimate of drug-likeness (QED) is 0.368. The van der Waals surface area contributed by atoms with E-state index in [4.69, 9.17) is 25.5 Å². The molecule has 1 amide bonds. The Morgan fingerprint density at radius 3 is 2.50 bits per heavy atom. The Labute approximate surface area is 197 Å². The Morgan fingerprint density at radius 2 is 1.82 bits per heavy atom. The standard InChI is InChI=1S/C25H16ClNO7/c26-16-7-8-17-15(10-16)11-19(34-17)22(28)20-21(18-2-1-9-33-18)27(24(30)23(20)29)12-13-3-5-14(6-4-13)25(31)32/h1-11,21,29H,12H2,(H,31,32). The zero-order valence-electron chi connectivity index (χ0n) is 17.4. The smallest absolute Gasteiger partial charge is 0.335 e. The number of aromatic carboxylic acids is 1. The minimum absolute atomic E-state index is 0.000672. The van der Waals surface area contributed by atoms with Gasteiger partial charge in [0.05, 0.1) is 17.4 Å². The molecule has 0 saturated heterocycles. The summed E-state index contributed by atoms with van der Waals surface area (Å²) in [5.74, 6) is -2.98.